The Balaban J connectivity index is 1.62. The molecule has 1 fully saturated rings. The molecule has 2 aromatic rings. The third-order valence-corrected chi connectivity index (χ3v) is 5.74. The lowest BCUT2D eigenvalue weighted by atomic mass is 9.93. The molecule has 0 amide bonds. The molecule has 2 aromatic heterocycles. The maximum Gasteiger partial charge on any atom is 0.276 e. The number of anilines is 1. The molecule has 3 heterocycles. The molecule has 3 rings (SSSR count). The largest absolute Gasteiger partial charge is 0.355 e. The predicted octanol–water partition coefficient (Wildman–Crippen LogP) is 0.105. The van der Waals surface area contributed by atoms with E-state index in [0.717, 1.165) is 43.7 Å². The smallest absolute Gasteiger partial charge is 0.276 e. The van der Waals surface area contributed by atoms with Crippen molar-refractivity contribution in [2.45, 2.75) is 19.3 Å². The molecular weight excluding hydrogens is 330 g/mol. The van der Waals surface area contributed by atoms with Gasteiger partial charge >= 0.3 is 0 Å². The van der Waals surface area contributed by atoms with Crippen LogP contribution in [0.15, 0.2) is 12.7 Å². The van der Waals surface area contributed by atoms with Crippen LogP contribution in [0, 0.1) is 5.92 Å². The van der Waals surface area contributed by atoms with Crippen molar-refractivity contribution in [1.29, 1.82) is 0 Å². The van der Waals surface area contributed by atoms with Crippen LogP contribution in [0.1, 0.15) is 19.3 Å². The van der Waals surface area contributed by atoms with Crippen LogP contribution in [-0.2, 0) is 17.3 Å². The van der Waals surface area contributed by atoms with Crippen molar-refractivity contribution in [3.05, 3.63) is 12.7 Å². The normalized spacial score (nSPS) is 17.1. The van der Waals surface area contributed by atoms with E-state index in [2.05, 4.69) is 19.9 Å². The Labute approximate surface area is 141 Å². The summed E-state index contributed by atoms with van der Waals surface area (Å²) in [4.78, 5) is 15.2. The summed E-state index contributed by atoms with van der Waals surface area (Å²) in [6.45, 7) is 2.24. The van der Waals surface area contributed by atoms with E-state index in [1.807, 2.05) is 11.6 Å². The lowest BCUT2D eigenvalue weighted by Gasteiger charge is -2.33. The van der Waals surface area contributed by atoms with Gasteiger partial charge in [-0.05, 0) is 25.2 Å². The van der Waals surface area contributed by atoms with Crippen LogP contribution in [0.25, 0.3) is 11.2 Å². The van der Waals surface area contributed by atoms with Crippen molar-refractivity contribution in [2.24, 2.45) is 18.1 Å². The number of fused-ring (bicyclic) bond motifs is 1. The van der Waals surface area contributed by atoms with E-state index in [9.17, 15) is 8.42 Å². The van der Waals surface area contributed by atoms with Crippen LogP contribution >= 0.6 is 0 Å². The minimum atomic E-state index is -3.58. The Morgan fingerprint density at radius 1 is 1.29 bits per heavy atom. The van der Waals surface area contributed by atoms with Crippen molar-refractivity contribution in [2.75, 3.05) is 31.6 Å². The van der Waals surface area contributed by atoms with E-state index in [-0.39, 0.29) is 0 Å². The average molecular weight is 353 g/mol. The van der Waals surface area contributed by atoms with Gasteiger partial charge in [0.25, 0.3) is 10.2 Å². The van der Waals surface area contributed by atoms with E-state index in [1.165, 1.54) is 11.4 Å². The van der Waals surface area contributed by atoms with Crippen molar-refractivity contribution in [3.63, 3.8) is 0 Å². The van der Waals surface area contributed by atoms with E-state index in [1.54, 1.807) is 12.7 Å². The number of aromatic nitrogens is 4. The molecule has 0 radical (unpaired) electrons. The van der Waals surface area contributed by atoms with Gasteiger partial charge in [0.1, 0.15) is 11.8 Å². The predicted molar refractivity (Wildman–Crippen MR) is 91.6 cm³/mol. The van der Waals surface area contributed by atoms with Crippen molar-refractivity contribution >= 4 is 27.2 Å². The molecule has 10 heteroatoms. The van der Waals surface area contributed by atoms with Gasteiger partial charge in [-0.2, -0.15) is 12.7 Å². The van der Waals surface area contributed by atoms with E-state index < -0.39 is 10.2 Å². The number of aryl methyl sites for hydroxylation is 1. The molecule has 2 N–H and O–H groups in total. The van der Waals surface area contributed by atoms with Gasteiger partial charge < -0.3 is 9.47 Å². The molecule has 9 nitrogen and oxygen atoms in total. The van der Waals surface area contributed by atoms with E-state index in [4.69, 9.17) is 5.14 Å². The first-order valence-electron chi connectivity index (χ1n) is 7.97. The van der Waals surface area contributed by atoms with E-state index in [0.29, 0.717) is 18.1 Å². The molecule has 1 aliphatic rings. The third-order valence-electron chi connectivity index (χ3n) is 4.69. The van der Waals surface area contributed by atoms with Gasteiger partial charge in [0.05, 0.1) is 6.33 Å². The SMILES string of the molecule is CN(CCC1CCN(c2ncnc3ncn(C)c23)CC1)S(N)(=O)=O. The zero-order chi connectivity index (χ0) is 17.3. The summed E-state index contributed by atoms with van der Waals surface area (Å²) in [5, 5.41) is 5.12. The number of imidazole rings is 1. The Morgan fingerprint density at radius 3 is 2.67 bits per heavy atom. The fourth-order valence-electron chi connectivity index (χ4n) is 3.13. The molecule has 0 bridgehead atoms. The summed E-state index contributed by atoms with van der Waals surface area (Å²) in [7, 11) is -0.123. The molecular formula is C14H23N7O2S. The number of hydrogen-bond donors (Lipinski definition) is 1. The van der Waals surface area contributed by atoms with Gasteiger partial charge in [-0.15, -0.1) is 0 Å². The second-order valence-corrected chi connectivity index (χ2v) is 7.96. The number of nitrogens with two attached hydrogens (primary N) is 1. The van der Waals surface area contributed by atoms with Crippen molar-refractivity contribution < 1.29 is 8.42 Å². The Kier molecular flexibility index (Phi) is 4.70. The highest BCUT2D eigenvalue weighted by Crippen LogP contribution is 2.28. The van der Waals surface area contributed by atoms with Gasteiger partial charge in [-0.3, -0.25) is 0 Å². The van der Waals surface area contributed by atoms with Crippen molar-refractivity contribution in [3.8, 4) is 0 Å². The first-order chi connectivity index (χ1) is 11.4. The molecule has 0 spiro atoms. The molecule has 24 heavy (non-hydrogen) atoms. The average Bonchev–Trinajstić information content (AvgIpc) is 2.94. The third kappa shape index (κ3) is 3.50. The van der Waals surface area contributed by atoms with Crippen LogP contribution in [0.2, 0.25) is 0 Å². The molecule has 0 aliphatic carbocycles. The lowest BCUT2D eigenvalue weighted by molar-refractivity contribution is 0.344. The molecule has 1 saturated heterocycles. The number of rotatable bonds is 5. The first kappa shape index (κ1) is 17.1. The van der Waals surface area contributed by atoms with Crippen LogP contribution in [-0.4, -0.2) is 58.9 Å². The highest BCUT2D eigenvalue weighted by Gasteiger charge is 2.24. The zero-order valence-corrected chi connectivity index (χ0v) is 14.8. The lowest BCUT2D eigenvalue weighted by Crippen LogP contribution is -2.38. The second kappa shape index (κ2) is 6.61. The maximum absolute atomic E-state index is 11.2. The fourth-order valence-corrected chi connectivity index (χ4v) is 3.49. The van der Waals surface area contributed by atoms with Crippen LogP contribution < -0.4 is 10.0 Å². The topological polar surface area (TPSA) is 110 Å². The second-order valence-electron chi connectivity index (χ2n) is 6.31. The minimum absolute atomic E-state index is 0.461. The van der Waals surface area contributed by atoms with E-state index >= 15 is 0 Å². The maximum atomic E-state index is 11.2. The molecule has 1 aliphatic heterocycles. The monoisotopic (exact) mass is 353 g/mol. The summed E-state index contributed by atoms with van der Waals surface area (Å²) in [5.74, 6) is 1.41. The van der Waals surface area contributed by atoms with Crippen LogP contribution in [0.3, 0.4) is 0 Å². The molecule has 0 unspecified atom stereocenters. The Morgan fingerprint density at radius 2 is 2.00 bits per heavy atom. The number of nitrogens with zero attached hydrogens (tertiary/aromatic N) is 6. The van der Waals surface area contributed by atoms with Crippen LogP contribution in [0.5, 0.6) is 0 Å². The highest BCUT2D eigenvalue weighted by atomic mass is 32.2. The molecule has 0 aromatic carbocycles. The summed E-state index contributed by atoms with van der Waals surface area (Å²) < 4.78 is 25.6. The van der Waals surface area contributed by atoms with Crippen molar-refractivity contribution in [1.82, 2.24) is 23.8 Å². The summed E-state index contributed by atoms with van der Waals surface area (Å²) in [6, 6.07) is 0. The summed E-state index contributed by atoms with van der Waals surface area (Å²) >= 11 is 0. The van der Waals surface area contributed by atoms with Gasteiger partial charge in [0, 0.05) is 33.7 Å². The minimum Gasteiger partial charge on any atom is -0.355 e. The number of piperidine rings is 1. The summed E-state index contributed by atoms with van der Waals surface area (Å²) in [5.41, 5.74) is 1.66. The molecule has 0 atom stereocenters. The number of hydrogen-bond acceptors (Lipinski definition) is 6. The van der Waals surface area contributed by atoms with Crippen LogP contribution in [0.4, 0.5) is 5.82 Å². The molecule has 132 valence electrons. The van der Waals surface area contributed by atoms with Gasteiger partial charge in [-0.25, -0.2) is 20.1 Å². The van der Waals surface area contributed by atoms with Gasteiger partial charge in [-0.1, -0.05) is 0 Å². The first-order valence-corrected chi connectivity index (χ1v) is 9.47. The zero-order valence-electron chi connectivity index (χ0n) is 14.0. The Bertz CT molecular complexity index is 812. The quantitative estimate of drug-likeness (QED) is 0.816. The molecule has 0 saturated carbocycles. The standard InChI is InChI=1S/C14H23N7O2S/c1-19-10-18-13-12(19)14(17-9-16-13)21-7-4-11(5-8-21)3-6-20(2)24(15,22)23/h9-11H,3-8H2,1-2H3,(H2,15,22,23). The summed E-state index contributed by atoms with van der Waals surface area (Å²) in [6.07, 6.45) is 6.13. The van der Waals surface area contributed by atoms with Gasteiger partial charge in [0.15, 0.2) is 11.5 Å². The van der Waals surface area contributed by atoms with Gasteiger partial charge in [0.2, 0.25) is 0 Å². The Hall–Kier alpha value is -1.78. The highest BCUT2D eigenvalue weighted by molar-refractivity contribution is 7.86. The fraction of sp³-hybridized carbons (Fsp3) is 0.643.